The second kappa shape index (κ2) is 7.96. The topological polar surface area (TPSA) is 92.0 Å². The molecule has 1 unspecified atom stereocenters. The van der Waals surface area contributed by atoms with E-state index in [9.17, 15) is 14.4 Å². The molecule has 3 aromatic rings. The molecule has 0 aliphatic carbocycles. The first kappa shape index (κ1) is 19.2. The fourth-order valence-electron chi connectivity index (χ4n) is 2.69. The summed E-state index contributed by atoms with van der Waals surface area (Å²) in [7, 11) is 2.97. The van der Waals surface area contributed by atoms with Gasteiger partial charge >= 0.3 is 11.6 Å². The number of benzene rings is 2. The maximum atomic E-state index is 12.5. The molecule has 0 saturated carbocycles. The van der Waals surface area contributed by atoms with E-state index in [-0.39, 0.29) is 11.1 Å². The van der Waals surface area contributed by atoms with Gasteiger partial charge in [0.05, 0.1) is 14.2 Å². The molecule has 144 valence electrons. The lowest BCUT2D eigenvalue weighted by Crippen LogP contribution is -2.27. The van der Waals surface area contributed by atoms with Gasteiger partial charge in [-0.2, -0.15) is 0 Å². The van der Waals surface area contributed by atoms with Crippen LogP contribution >= 0.6 is 0 Å². The Morgan fingerprint density at radius 1 is 1.00 bits per heavy atom. The summed E-state index contributed by atoms with van der Waals surface area (Å²) in [6.45, 7) is 1.44. The van der Waals surface area contributed by atoms with Crippen LogP contribution in [0.1, 0.15) is 27.6 Å². The number of para-hydroxylation sites is 1. The van der Waals surface area contributed by atoms with Crippen molar-refractivity contribution in [3.8, 4) is 11.5 Å². The molecule has 3 rings (SSSR count). The highest BCUT2D eigenvalue weighted by atomic mass is 16.5. The SMILES string of the molecule is COc1ccc(C(=O)C(C)OC(=O)c2cc3cccc(OC)c3oc2=O)cc1. The van der Waals surface area contributed by atoms with Crippen LogP contribution in [-0.4, -0.2) is 32.1 Å². The number of hydrogen-bond donors (Lipinski definition) is 0. The molecule has 7 nitrogen and oxygen atoms in total. The third-order valence-electron chi connectivity index (χ3n) is 4.19. The Hall–Kier alpha value is -3.61. The van der Waals surface area contributed by atoms with Crippen LogP contribution in [0.3, 0.4) is 0 Å². The van der Waals surface area contributed by atoms with Crippen LogP contribution in [0.25, 0.3) is 11.0 Å². The van der Waals surface area contributed by atoms with Crippen molar-refractivity contribution >= 4 is 22.7 Å². The maximum Gasteiger partial charge on any atom is 0.351 e. The molecule has 1 heterocycles. The zero-order valence-electron chi connectivity index (χ0n) is 15.6. The second-order valence-corrected chi connectivity index (χ2v) is 5.97. The molecule has 0 amide bonds. The van der Waals surface area contributed by atoms with Gasteiger partial charge in [0.2, 0.25) is 5.78 Å². The molecule has 0 aliphatic rings. The van der Waals surface area contributed by atoms with E-state index in [4.69, 9.17) is 18.6 Å². The van der Waals surface area contributed by atoms with E-state index in [0.717, 1.165) is 0 Å². The van der Waals surface area contributed by atoms with Gasteiger partial charge in [0.15, 0.2) is 17.4 Å². The van der Waals surface area contributed by atoms with Gasteiger partial charge in [0, 0.05) is 10.9 Å². The van der Waals surface area contributed by atoms with Crippen LogP contribution in [0.5, 0.6) is 11.5 Å². The van der Waals surface area contributed by atoms with E-state index in [1.165, 1.54) is 27.2 Å². The van der Waals surface area contributed by atoms with E-state index in [1.54, 1.807) is 42.5 Å². The number of esters is 1. The Kier molecular flexibility index (Phi) is 5.44. The summed E-state index contributed by atoms with van der Waals surface area (Å²) in [5, 5.41) is 0.500. The van der Waals surface area contributed by atoms with Crippen molar-refractivity contribution in [1.29, 1.82) is 0 Å². The van der Waals surface area contributed by atoms with Crippen molar-refractivity contribution in [2.45, 2.75) is 13.0 Å². The second-order valence-electron chi connectivity index (χ2n) is 5.97. The lowest BCUT2D eigenvalue weighted by atomic mass is 10.1. The molecule has 0 N–H and O–H groups in total. The van der Waals surface area contributed by atoms with E-state index in [2.05, 4.69) is 0 Å². The van der Waals surface area contributed by atoms with Gasteiger partial charge < -0.3 is 18.6 Å². The predicted molar refractivity (Wildman–Crippen MR) is 101 cm³/mol. The van der Waals surface area contributed by atoms with E-state index >= 15 is 0 Å². The molecule has 1 aromatic heterocycles. The average molecular weight is 382 g/mol. The van der Waals surface area contributed by atoms with Crippen molar-refractivity contribution in [1.82, 2.24) is 0 Å². The summed E-state index contributed by atoms with van der Waals surface area (Å²) in [4.78, 5) is 37.1. The number of carbonyl (C=O) groups is 2. The Morgan fingerprint density at radius 2 is 1.71 bits per heavy atom. The fourth-order valence-corrected chi connectivity index (χ4v) is 2.69. The third kappa shape index (κ3) is 3.73. The van der Waals surface area contributed by atoms with Crippen LogP contribution in [-0.2, 0) is 4.74 Å². The van der Waals surface area contributed by atoms with Crippen molar-refractivity contribution in [2.75, 3.05) is 14.2 Å². The summed E-state index contributed by atoms with van der Waals surface area (Å²) in [5.74, 6) is -0.362. The minimum Gasteiger partial charge on any atom is -0.497 e. The molecule has 0 saturated heterocycles. The number of fused-ring (bicyclic) bond motifs is 1. The predicted octanol–water partition coefficient (Wildman–Crippen LogP) is 3.24. The van der Waals surface area contributed by atoms with Crippen LogP contribution in [0.4, 0.5) is 0 Å². The smallest absolute Gasteiger partial charge is 0.351 e. The first-order valence-corrected chi connectivity index (χ1v) is 8.44. The quantitative estimate of drug-likeness (QED) is 0.367. The molecular weight excluding hydrogens is 364 g/mol. The van der Waals surface area contributed by atoms with Crippen molar-refractivity contribution in [2.24, 2.45) is 0 Å². The Balaban J connectivity index is 1.82. The summed E-state index contributed by atoms with van der Waals surface area (Å²) in [5.41, 5.74) is -0.577. The van der Waals surface area contributed by atoms with Crippen LogP contribution < -0.4 is 15.1 Å². The zero-order chi connectivity index (χ0) is 20.3. The molecular formula is C21H18O7. The minimum absolute atomic E-state index is 0.230. The molecule has 0 aliphatic heterocycles. The molecule has 0 fully saturated rings. The molecule has 0 bridgehead atoms. The fraction of sp³-hybridized carbons (Fsp3) is 0.190. The Bertz CT molecular complexity index is 1080. The summed E-state index contributed by atoms with van der Waals surface area (Å²) < 4.78 is 20.6. The van der Waals surface area contributed by atoms with Crippen molar-refractivity contribution in [3.05, 3.63) is 70.1 Å². The number of rotatable bonds is 6. The zero-order valence-corrected chi connectivity index (χ0v) is 15.6. The van der Waals surface area contributed by atoms with Gasteiger partial charge in [0.1, 0.15) is 11.3 Å². The number of ketones is 1. The van der Waals surface area contributed by atoms with Crippen molar-refractivity contribution < 1.29 is 28.2 Å². The van der Waals surface area contributed by atoms with Gasteiger partial charge in [-0.1, -0.05) is 12.1 Å². The average Bonchev–Trinajstić information content (AvgIpc) is 2.72. The number of carbonyl (C=O) groups excluding carboxylic acids is 2. The van der Waals surface area contributed by atoms with Gasteiger partial charge in [-0.15, -0.1) is 0 Å². The van der Waals surface area contributed by atoms with Gasteiger partial charge in [-0.05, 0) is 43.3 Å². The lowest BCUT2D eigenvalue weighted by molar-refractivity contribution is 0.0315. The Labute approximate surface area is 160 Å². The highest BCUT2D eigenvalue weighted by Gasteiger charge is 2.23. The number of ether oxygens (including phenoxy) is 3. The Morgan fingerprint density at radius 3 is 2.36 bits per heavy atom. The minimum atomic E-state index is -1.08. The van der Waals surface area contributed by atoms with E-state index in [0.29, 0.717) is 22.4 Å². The maximum absolute atomic E-state index is 12.5. The van der Waals surface area contributed by atoms with Crippen LogP contribution in [0.15, 0.2) is 57.7 Å². The standard InChI is InChI=1S/C21H18O7/c1-12(18(22)13-7-9-15(25-2)10-8-13)27-20(23)16-11-14-5-4-6-17(26-3)19(14)28-21(16)24/h4-12H,1-3H3. The van der Waals surface area contributed by atoms with Gasteiger partial charge in [-0.25, -0.2) is 9.59 Å². The van der Waals surface area contributed by atoms with Crippen molar-refractivity contribution in [3.63, 3.8) is 0 Å². The molecule has 7 heteroatoms. The van der Waals surface area contributed by atoms with Gasteiger partial charge in [0.25, 0.3) is 0 Å². The molecule has 1 atom stereocenters. The molecule has 0 spiro atoms. The number of Topliss-reactive ketones (excluding diaryl/α,β-unsaturated/α-hetero) is 1. The molecule has 2 aromatic carbocycles. The third-order valence-corrected chi connectivity index (χ3v) is 4.19. The summed E-state index contributed by atoms with van der Waals surface area (Å²) in [6.07, 6.45) is -1.08. The number of methoxy groups -OCH3 is 2. The highest BCUT2D eigenvalue weighted by molar-refractivity contribution is 6.02. The lowest BCUT2D eigenvalue weighted by Gasteiger charge is -2.12. The number of hydrogen-bond acceptors (Lipinski definition) is 7. The van der Waals surface area contributed by atoms with Crippen LogP contribution in [0, 0.1) is 0 Å². The van der Waals surface area contributed by atoms with Crippen LogP contribution in [0.2, 0.25) is 0 Å². The molecule has 28 heavy (non-hydrogen) atoms. The monoisotopic (exact) mass is 382 g/mol. The largest absolute Gasteiger partial charge is 0.497 e. The highest BCUT2D eigenvalue weighted by Crippen LogP contribution is 2.24. The summed E-state index contributed by atoms with van der Waals surface area (Å²) in [6, 6.07) is 12.8. The van der Waals surface area contributed by atoms with E-state index < -0.39 is 23.5 Å². The normalized spacial score (nSPS) is 11.7. The first-order chi connectivity index (χ1) is 13.4. The van der Waals surface area contributed by atoms with Gasteiger partial charge in [-0.3, -0.25) is 4.79 Å². The summed E-state index contributed by atoms with van der Waals surface area (Å²) >= 11 is 0. The first-order valence-electron chi connectivity index (χ1n) is 8.44. The van der Waals surface area contributed by atoms with E-state index in [1.807, 2.05) is 0 Å². The molecule has 0 radical (unpaired) electrons.